The van der Waals surface area contributed by atoms with Crippen LogP contribution in [0, 0.1) is 5.82 Å². The summed E-state index contributed by atoms with van der Waals surface area (Å²) >= 11 is 8.64. The molecule has 5 nitrogen and oxygen atoms in total. The van der Waals surface area contributed by atoms with E-state index in [4.69, 9.17) is 11.6 Å². The molecule has 3 aromatic rings. The van der Waals surface area contributed by atoms with Crippen LogP contribution in [0.2, 0.25) is 4.34 Å². The van der Waals surface area contributed by atoms with Crippen LogP contribution in [0.1, 0.15) is 4.88 Å². The van der Waals surface area contributed by atoms with Crippen LogP contribution in [0.25, 0.3) is 11.4 Å². The lowest BCUT2D eigenvalue weighted by Crippen LogP contribution is -2.27. The quantitative estimate of drug-likeness (QED) is 0.574. The molecule has 136 valence electrons. The van der Waals surface area contributed by atoms with Crippen molar-refractivity contribution in [1.82, 2.24) is 19.7 Å². The predicted molar refractivity (Wildman–Crippen MR) is 103 cm³/mol. The molecule has 9 heteroatoms. The second kappa shape index (κ2) is 8.20. The number of hydrogen-bond acceptors (Lipinski definition) is 5. The zero-order valence-electron chi connectivity index (χ0n) is 14.1. The van der Waals surface area contributed by atoms with Crippen molar-refractivity contribution >= 4 is 40.6 Å². The van der Waals surface area contributed by atoms with Crippen LogP contribution in [-0.4, -0.2) is 38.4 Å². The van der Waals surface area contributed by atoms with Gasteiger partial charge in [-0.25, -0.2) is 4.39 Å². The average Bonchev–Trinajstić information content (AvgIpc) is 3.19. The van der Waals surface area contributed by atoms with Crippen LogP contribution in [0.5, 0.6) is 0 Å². The summed E-state index contributed by atoms with van der Waals surface area (Å²) in [6, 6.07) is 10.1. The maximum Gasteiger partial charge on any atom is 0.233 e. The van der Waals surface area contributed by atoms with Crippen LogP contribution in [0.4, 0.5) is 4.39 Å². The van der Waals surface area contributed by atoms with Crippen LogP contribution >= 0.6 is 34.7 Å². The van der Waals surface area contributed by atoms with Gasteiger partial charge in [-0.15, -0.1) is 21.5 Å². The van der Waals surface area contributed by atoms with E-state index in [0.717, 1.165) is 4.88 Å². The molecule has 0 unspecified atom stereocenters. The monoisotopic (exact) mass is 410 g/mol. The van der Waals surface area contributed by atoms with E-state index in [-0.39, 0.29) is 17.5 Å². The molecule has 26 heavy (non-hydrogen) atoms. The zero-order valence-corrected chi connectivity index (χ0v) is 16.5. The Bertz CT molecular complexity index is 927. The maximum absolute atomic E-state index is 13.9. The van der Waals surface area contributed by atoms with E-state index in [2.05, 4.69) is 10.2 Å². The van der Waals surface area contributed by atoms with Gasteiger partial charge >= 0.3 is 0 Å². The molecule has 0 saturated heterocycles. The van der Waals surface area contributed by atoms with Gasteiger partial charge in [0.15, 0.2) is 11.0 Å². The predicted octanol–water partition coefficient (Wildman–Crippen LogP) is 4.09. The van der Waals surface area contributed by atoms with E-state index in [1.165, 1.54) is 29.2 Å². The molecule has 3 rings (SSSR count). The number of amides is 1. The Kier molecular flexibility index (Phi) is 5.95. The Morgan fingerprint density at radius 3 is 2.77 bits per heavy atom. The number of benzene rings is 1. The lowest BCUT2D eigenvalue weighted by atomic mass is 10.2. The van der Waals surface area contributed by atoms with Gasteiger partial charge in [0.2, 0.25) is 5.91 Å². The number of hydrogen-bond donors (Lipinski definition) is 0. The van der Waals surface area contributed by atoms with Crippen molar-refractivity contribution in [1.29, 1.82) is 0 Å². The van der Waals surface area contributed by atoms with Crippen LogP contribution in [-0.2, 0) is 18.4 Å². The molecular weight excluding hydrogens is 395 g/mol. The SMILES string of the molecule is CN(Cc1ccc(Cl)s1)C(=O)CSc1nnc(-c2ccccc2F)n1C. The van der Waals surface area contributed by atoms with Gasteiger partial charge in [0.1, 0.15) is 5.82 Å². The van der Waals surface area contributed by atoms with Gasteiger partial charge in [-0.1, -0.05) is 35.5 Å². The van der Waals surface area contributed by atoms with Gasteiger partial charge < -0.3 is 9.47 Å². The number of carbonyl (C=O) groups excluding carboxylic acids is 1. The lowest BCUT2D eigenvalue weighted by Gasteiger charge is -2.15. The van der Waals surface area contributed by atoms with Crippen molar-refractivity contribution in [2.45, 2.75) is 11.7 Å². The highest BCUT2D eigenvalue weighted by Gasteiger charge is 2.17. The van der Waals surface area contributed by atoms with Gasteiger partial charge in [-0.2, -0.15) is 0 Å². The highest BCUT2D eigenvalue weighted by Crippen LogP contribution is 2.25. The average molecular weight is 411 g/mol. The van der Waals surface area contributed by atoms with Crippen molar-refractivity contribution < 1.29 is 9.18 Å². The van der Waals surface area contributed by atoms with Gasteiger partial charge in [-0.05, 0) is 24.3 Å². The summed E-state index contributed by atoms with van der Waals surface area (Å²) in [6.07, 6.45) is 0. The third kappa shape index (κ3) is 4.25. The van der Waals surface area contributed by atoms with E-state index >= 15 is 0 Å². The summed E-state index contributed by atoms with van der Waals surface area (Å²) in [5.74, 6) is 0.262. The number of thiophene rings is 1. The Morgan fingerprint density at radius 2 is 2.08 bits per heavy atom. The first-order valence-corrected chi connectivity index (χ1v) is 9.89. The second-order valence-electron chi connectivity index (χ2n) is 5.59. The molecule has 0 saturated carbocycles. The normalized spacial score (nSPS) is 10.9. The second-order valence-corrected chi connectivity index (χ2v) is 8.33. The Hall–Kier alpha value is -1.90. The third-order valence-corrected chi connectivity index (χ3v) is 5.94. The summed E-state index contributed by atoms with van der Waals surface area (Å²) in [5, 5.41) is 8.69. The summed E-state index contributed by atoms with van der Waals surface area (Å²) < 4.78 is 16.3. The molecule has 1 aromatic carbocycles. The van der Waals surface area contributed by atoms with Crippen molar-refractivity contribution in [2.24, 2.45) is 7.05 Å². The molecule has 0 N–H and O–H groups in total. The fraction of sp³-hybridized carbons (Fsp3) is 0.235. The molecule has 2 heterocycles. The van der Waals surface area contributed by atoms with Crippen LogP contribution in [0.15, 0.2) is 41.6 Å². The Morgan fingerprint density at radius 1 is 1.31 bits per heavy atom. The van der Waals surface area contributed by atoms with Gasteiger partial charge in [0.05, 0.1) is 22.2 Å². The molecule has 0 bridgehead atoms. The topological polar surface area (TPSA) is 51.0 Å². The number of rotatable bonds is 6. The minimum absolute atomic E-state index is 0.0324. The zero-order chi connectivity index (χ0) is 18.7. The fourth-order valence-corrected chi connectivity index (χ4v) is 4.31. The minimum atomic E-state index is -0.357. The summed E-state index contributed by atoms with van der Waals surface area (Å²) in [7, 11) is 3.50. The van der Waals surface area contributed by atoms with Gasteiger partial charge in [-0.3, -0.25) is 4.79 Å². The fourth-order valence-electron chi connectivity index (χ4n) is 2.31. The lowest BCUT2D eigenvalue weighted by molar-refractivity contribution is -0.127. The maximum atomic E-state index is 13.9. The van der Waals surface area contributed by atoms with Crippen LogP contribution in [0.3, 0.4) is 0 Å². The number of nitrogens with zero attached hydrogens (tertiary/aromatic N) is 4. The van der Waals surface area contributed by atoms with Crippen molar-refractivity contribution in [3.05, 3.63) is 51.4 Å². The van der Waals surface area contributed by atoms with Crippen molar-refractivity contribution in [2.75, 3.05) is 12.8 Å². The first-order valence-electron chi connectivity index (χ1n) is 7.71. The molecule has 0 aliphatic rings. The van der Waals surface area contributed by atoms with E-state index in [1.54, 1.807) is 41.8 Å². The molecular formula is C17H16ClFN4OS2. The number of halogens is 2. The van der Waals surface area contributed by atoms with Gasteiger partial charge in [0.25, 0.3) is 0 Å². The first kappa shape index (κ1) is 18.9. The largest absolute Gasteiger partial charge is 0.340 e. The summed E-state index contributed by atoms with van der Waals surface area (Å²) in [4.78, 5) is 15.0. The third-order valence-electron chi connectivity index (χ3n) is 3.72. The smallest absolute Gasteiger partial charge is 0.233 e. The van der Waals surface area contributed by atoms with Crippen molar-refractivity contribution in [3.63, 3.8) is 0 Å². The summed E-state index contributed by atoms with van der Waals surface area (Å²) in [5.41, 5.74) is 0.382. The van der Waals surface area contributed by atoms with E-state index in [9.17, 15) is 9.18 Å². The van der Waals surface area contributed by atoms with Crippen molar-refractivity contribution in [3.8, 4) is 11.4 Å². The highest BCUT2D eigenvalue weighted by molar-refractivity contribution is 7.99. The molecule has 0 aliphatic carbocycles. The number of carbonyl (C=O) groups is 1. The Balaban J connectivity index is 1.63. The van der Waals surface area contributed by atoms with E-state index < -0.39 is 0 Å². The highest BCUT2D eigenvalue weighted by atomic mass is 35.5. The molecule has 0 spiro atoms. The molecule has 1 amide bonds. The molecule has 0 aliphatic heterocycles. The molecule has 0 radical (unpaired) electrons. The standard InChI is InChI=1S/C17H16ClFN4OS2/c1-22(9-11-7-8-14(18)26-11)15(24)10-25-17-21-20-16(23(17)2)12-5-3-4-6-13(12)19/h3-8H,9-10H2,1-2H3. The minimum Gasteiger partial charge on any atom is -0.340 e. The number of thioether (sulfide) groups is 1. The van der Waals surface area contributed by atoms with Crippen LogP contribution < -0.4 is 0 Å². The number of aromatic nitrogens is 3. The van der Waals surface area contributed by atoms with E-state index in [1.807, 2.05) is 12.1 Å². The molecule has 0 atom stereocenters. The Labute approximate surface area is 163 Å². The summed E-state index contributed by atoms with van der Waals surface area (Å²) in [6.45, 7) is 0.510. The van der Waals surface area contributed by atoms with Gasteiger partial charge in [0, 0.05) is 19.0 Å². The molecule has 0 fully saturated rings. The molecule has 2 aromatic heterocycles. The first-order chi connectivity index (χ1) is 12.5. The van der Waals surface area contributed by atoms with E-state index in [0.29, 0.717) is 27.4 Å².